The molecule has 0 saturated heterocycles. The number of aromatic nitrogens is 3. The number of benzene rings is 2. The molecule has 0 saturated carbocycles. The number of hydrogen-bond donors (Lipinski definition) is 1. The fraction of sp³-hybridized carbons (Fsp3) is 0.208. The molecule has 0 radical (unpaired) electrons. The van der Waals surface area contributed by atoms with E-state index in [-0.39, 0.29) is 34.7 Å². The van der Waals surface area contributed by atoms with E-state index in [1.54, 1.807) is 13.0 Å². The third-order valence-corrected chi connectivity index (χ3v) is 5.89. The number of anilines is 1. The van der Waals surface area contributed by atoms with Crippen LogP contribution in [0.5, 0.6) is 5.75 Å². The molecule has 0 fully saturated rings. The minimum absolute atomic E-state index is 0.0796. The Morgan fingerprint density at radius 1 is 1.15 bits per heavy atom. The van der Waals surface area contributed by atoms with Crippen LogP contribution in [0.15, 0.2) is 47.1 Å². The van der Waals surface area contributed by atoms with Crippen LogP contribution in [0.25, 0.3) is 0 Å². The van der Waals surface area contributed by atoms with Crippen molar-refractivity contribution >= 4 is 34.9 Å². The average molecular weight is 503 g/mol. The Balaban J connectivity index is 1.49. The summed E-state index contributed by atoms with van der Waals surface area (Å²) in [5, 5.41) is 11.3. The van der Waals surface area contributed by atoms with Gasteiger partial charge in [-0.25, -0.2) is 4.39 Å². The number of ether oxygens (including phenoxy) is 1. The predicted molar refractivity (Wildman–Crippen MR) is 127 cm³/mol. The van der Waals surface area contributed by atoms with Gasteiger partial charge < -0.3 is 14.6 Å². The van der Waals surface area contributed by atoms with Gasteiger partial charge in [-0.1, -0.05) is 52.6 Å². The standard InChI is InChI=1S/C24H21Cl2FN4O3/c1-13-5-4-6-14(2)22(13)33-12-18-15(3)34-30-21(18)24(32)28-23-20(26)11-31(29-23)10-16-7-8-17(27)9-19(16)25/h4-9,11H,10,12H2,1-3H3,(H,28,29,32). The lowest BCUT2D eigenvalue weighted by Crippen LogP contribution is -2.16. The molecule has 0 aliphatic heterocycles. The molecule has 2 aromatic carbocycles. The lowest BCUT2D eigenvalue weighted by molar-refractivity contribution is 0.101. The van der Waals surface area contributed by atoms with Gasteiger partial charge in [0.15, 0.2) is 11.5 Å². The number of hydrogen-bond acceptors (Lipinski definition) is 5. The summed E-state index contributed by atoms with van der Waals surface area (Å²) in [6.45, 7) is 5.96. The minimum atomic E-state index is -0.538. The maximum absolute atomic E-state index is 13.3. The number of nitrogens with one attached hydrogen (secondary N) is 1. The van der Waals surface area contributed by atoms with Crippen LogP contribution in [0, 0.1) is 26.6 Å². The summed E-state index contributed by atoms with van der Waals surface area (Å²) in [5.41, 5.74) is 3.22. The van der Waals surface area contributed by atoms with Gasteiger partial charge in [0.05, 0.1) is 12.1 Å². The number of halogens is 3. The Morgan fingerprint density at radius 3 is 2.59 bits per heavy atom. The second kappa shape index (κ2) is 9.87. The Morgan fingerprint density at radius 2 is 1.88 bits per heavy atom. The van der Waals surface area contributed by atoms with Crippen molar-refractivity contribution in [3.63, 3.8) is 0 Å². The SMILES string of the molecule is Cc1cccc(C)c1OCc1c(C(=O)Nc2nn(Cc3ccc(F)cc3Cl)cc2Cl)noc1C. The molecule has 0 spiro atoms. The number of aryl methyl sites for hydroxylation is 3. The molecular formula is C24H21Cl2FN4O3. The molecule has 34 heavy (non-hydrogen) atoms. The van der Waals surface area contributed by atoms with Gasteiger partial charge in [-0.15, -0.1) is 0 Å². The Kier molecular flexibility index (Phi) is 6.90. The summed E-state index contributed by atoms with van der Waals surface area (Å²) in [4.78, 5) is 12.9. The van der Waals surface area contributed by atoms with E-state index in [0.717, 1.165) is 16.9 Å². The van der Waals surface area contributed by atoms with Gasteiger partial charge in [0, 0.05) is 11.2 Å². The normalized spacial score (nSPS) is 11.0. The summed E-state index contributed by atoms with van der Waals surface area (Å²) in [7, 11) is 0. The van der Waals surface area contributed by atoms with Crippen LogP contribution in [0.3, 0.4) is 0 Å². The van der Waals surface area contributed by atoms with Crippen LogP contribution in [0.4, 0.5) is 10.2 Å². The summed E-state index contributed by atoms with van der Waals surface area (Å²) < 4.78 is 26.0. The third kappa shape index (κ3) is 5.08. The van der Waals surface area contributed by atoms with Crippen molar-refractivity contribution in [2.45, 2.75) is 33.9 Å². The molecule has 1 N–H and O–H groups in total. The van der Waals surface area contributed by atoms with Gasteiger partial charge in [0.2, 0.25) is 0 Å². The Hall–Kier alpha value is -3.36. The second-order valence-electron chi connectivity index (χ2n) is 7.79. The summed E-state index contributed by atoms with van der Waals surface area (Å²) in [6, 6.07) is 9.95. The predicted octanol–water partition coefficient (Wildman–Crippen LogP) is 6.12. The number of rotatable bonds is 7. The molecule has 0 unspecified atom stereocenters. The first-order chi connectivity index (χ1) is 16.2. The van der Waals surface area contributed by atoms with Crippen molar-refractivity contribution in [2.24, 2.45) is 0 Å². The molecule has 0 atom stereocenters. The van der Waals surface area contributed by atoms with E-state index in [1.165, 1.54) is 23.0 Å². The van der Waals surface area contributed by atoms with Crippen LogP contribution in [0.1, 0.15) is 38.5 Å². The number of amides is 1. The molecular weight excluding hydrogens is 482 g/mol. The summed E-state index contributed by atoms with van der Waals surface area (Å²) in [6.07, 6.45) is 1.54. The molecule has 4 aromatic rings. The highest BCUT2D eigenvalue weighted by Gasteiger charge is 2.23. The molecule has 7 nitrogen and oxygen atoms in total. The van der Waals surface area contributed by atoms with Crippen molar-refractivity contribution < 1.29 is 18.4 Å². The van der Waals surface area contributed by atoms with Crippen molar-refractivity contribution in [3.05, 3.63) is 92.2 Å². The number of nitrogens with zero attached hydrogens (tertiary/aromatic N) is 3. The molecule has 0 bridgehead atoms. The molecule has 10 heteroatoms. The van der Waals surface area contributed by atoms with Crippen molar-refractivity contribution in [3.8, 4) is 5.75 Å². The Bertz CT molecular complexity index is 1350. The van der Waals surface area contributed by atoms with Crippen LogP contribution in [-0.2, 0) is 13.2 Å². The third-order valence-electron chi connectivity index (χ3n) is 5.27. The average Bonchev–Trinajstić information content (AvgIpc) is 3.31. The first kappa shape index (κ1) is 23.8. The number of para-hydroxylation sites is 1. The maximum Gasteiger partial charge on any atom is 0.279 e. The van der Waals surface area contributed by atoms with Gasteiger partial charge in [0.1, 0.15) is 29.0 Å². The molecule has 2 aromatic heterocycles. The molecule has 0 aliphatic rings. The number of carbonyl (C=O) groups excluding carboxylic acids is 1. The van der Waals surface area contributed by atoms with Gasteiger partial charge >= 0.3 is 0 Å². The number of carbonyl (C=O) groups is 1. The summed E-state index contributed by atoms with van der Waals surface area (Å²) >= 11 is 12.4. The van der Waals surface area contributed by atoms with Crippen LogP contribution in [0.2, 0.25) is 10.0 Å². The zero-order chi connectivity index (χ0) is 24.4. The van der Waals surface area contributed by atoms with Crippen molar-refractivity contribution in [1.82, 2.24) is 14.9 Å². The molecule has 2 heterocycles. The maximum atomic E-state index is 13.3. The van der Waals surface area contributed by atoms with Crippen LogP contribution < -0.4 is 10.1 Å². The Labute approximate surface area is 205 Å². The highest BCUT2D eigenvalue weighted by atomic mass is 35.5. The van der Waals surface area contributed by atoms with E-state index in [2.05, 4.69) is 15.6 Å². The van der Waals surface area contributed by atoms with E-state index in [9.17, 15) is 9.18 Å². The van der Waals surface area contributed by atoms with Gasteiger partial charge in [-0.05, 0) is 49.6 Å². The zero-order valence-electron chi connectivity index (χ0n) is 18.7. The molecule has 4 rings (SSSR count). The van der Waals surface area contributed by atoms with Crippen molar-refractivity contribution in [2.75, 3.05) is 5.32 Å². The molecule has 0 aliphatic carbocycles. The van der Waals surface area contributed by atoms with Crippen molar-refractivity contribution in [1.29, 1.82) is 0 Å². The van der Waals surface area contributed by atoms with Crippen LogP contribution in [-0.4, -0.2) is 20.8 Å². The van der Waals surface area contributed by atoms with E-state index in [0.29, 0.717) is 16.9 Å². The smallest absolute Gasteiger partial charge is 0.279 e. The zero-order valence-corrected chi connectivity index (χ0v) is 20.2. The topological polar surface area (TPSA) is 82.2 Å². The van der Waals surface area contributed by atoms with E-state index < -0.39 is 11.7 Å². The first-order valence-corrected chi connectivity index (χ1v) is 11.1. The quantitative estimate of drug-likeness (QED) is 0.329. The highest BCUT2D eigenvalue weighted by Crippen LogP contribution is 2.26. The first-order valence-electron chi connectivity index (χ1n) is 10.4. The van der Waals surface area contributed by atoms with Gasteiger partial charge in [-0.3, -0.25) is 9.48 Å². The van der Waals surface area contributed by atoms with Crippen LogP contribution >= 0.6 is 23.2 Å². The lowest BCUT2D eigenvalue weighted by atomic mass is 10.1. The highest BCUT2D eigenvalue weighted by molar-refractivity contribution is 6.33. The minimum Gasteiger partial charge on any atom is -0.488 e. The van der Waals surface area contributed by atoms with E-state index >= 15 is 0 Å². The second-order valence-corrected chi connectivity index (χ2v) is 8.60. The van der Waals surface area contributed by atoms with Gasteiger partial charge in [0.25, 0.3) is 5.91 Å². The lowest BCUT2D eigenvalue weighted by Gasteiger charge is -2.12. The largest absolute Gasteiger partial charge is 0.488 e. The van der Waals surface area contributed by atoms with E-state index in [1.807, 2.05) is 32.0 Å². The van der Waals surface area contributed by atoms with Gasteiger partial charge in [-0.2, -0.15) is 5.10 Å². The monoisotopic (exact) mass is 502 g/mol. The van der Waals surface area contributed by atoms with E-state index in [4.69, 9.17) is 32.5 Å². The summed E-state index contributed by atoms with van der Waals surface area (Å²) in [5.74, 6) is 0.395. The fourth-order valence-electron chi connectivity index (χ4n) is 3.46. The molecule has 176 valence electrons. The molecule has 1 amide bonds. The fourth-order valence-corrected chi connectivity index (χ4v) is 3.89.